The Morgan fingerprint density at radius 3 is 2.72 bits per heavy atom. The lowest BCUT2D eigenvalue weighted by Gasteiger charge is -2.10. The predicted molar refractivity (Wildman–Crippen MR) is 65.9 cm³/mol. The molecule has 2 rings (SSSR count). The molecule has 6 heteroatoms. The first kappa shape index (κ1) is 12.2. The number of hydrogen-bond acceptors (Lipinski definition) is 6. The van der Waals surface area contributed by atoms with Gasteiger partial charge in [-0.25, -0.2) is 0 Å². The molecule has 0 aliphatic heterocycles. The van der Waals surface area contributed by atoms with E-state index in [1.807, 2.05) is 18.2 Å². The molecule has 1 aromatic heterocycles. The van der Waals surface area contributed by atoms with E-state index in [0.29, 0.717) is 18.4 Å². The van der Waals surface area contributed by atoms with Crippen molar-refractivity contribution in [2.45, 2.75) is 13.5 Å². The third-order valence-electron chi connectivity index (χ3n) is 2.45. The molecule has 0 saturated carbocycles. The summed E-state index contributed by atoms with van der Waals surface area (Å²) in [5.41, 5.74) is 0.981. The Kier molecular flexibility index (Phi) is 3.66. The fourth-order valence-corrected chi connectivity index (χ4v) is 1.54. The van der Waals surface area contributed by atoms with Gasteiger partial charge in [0.05, 0.1) is 14.2 Å². The maximum absolute atomic E-state index is 5.29. The van der Waals surface area contributed by atoms with Gasteiger partial charge in [-0.15, -0.1) is 0 Å². The van der Waals surface area contributed by atoms with E-state index in [0.717, 1.165) is 17.1 Å². The summed E-state index contributed by atoms with van der Waals surface area (Å²) in [6, 6.07) is 6.02. The highest BCUT2D eigenvalue weighted by Crippen LogP contribution is 2.25. The van der Waals surface area contributed by atoms with Crippen LogP contribution in [0.2, 0.25) is 0 Å². The average Bonchev–Trinajstić information content (AvgIpc) is 2.82. The second kappa shape index (κ2) is 5.39. The number of rotatable bonds is 5. The zero-order valence-electron chi connectivity index (χ0n) is 10.6. The maximum atomic E-state index is 5.29. The number of anilines is 1. The van der Waals surface area contributed by atoms with E-state index >= 15 is 0 Å². The van der Waals surface area contributed by atoms with Crippen molar-refractivity contribution in [3.05, 3.63) is 29.6 Å². The van der Waals surface area contributed by atoms with Crippen molar-refractivity contribution in [2.24, 2.45) is 0 Å². The van der Waals surface area contributed by atoms with Gasteiger partial charge in [-0.3, -0.25) is 0 Å². The molecule has 2 aromatic rings. The number of benzene rings is 1. The molecule has 6 nitrogen and oxygen atoms in total. The van der Waals surface area contributed by atoms with Crippen molar-refractivity contribution >= 4 is 6.01 Å². The van der Waals surface area contributed by atoms with E-state index < -0.39 is 0 Å². The molecule has 1 heterocycles. The lowest BCUT2D eigenvalue weighted by atomic mass is 10.2. The third kappa shape index (κ3) is 2.71. The van der Waals surface area contributed by atoms with Crippen LogP contribution in [0.15, 0.2) is 22.7 Å². The minimum absolute atomic E-state index is 0.394. The van der Waals surface area contributed by atoms with Crippen LogP contribution in [0, 0.1) is 6.92 Å². The standard InChI is InChI=1S/C12H15N3O3/c1-8-14-12(18-15-8)13-7-9-4-5-10(16-2)6-11(9)17-3/h4-6H,7H2,1-3H3,(H,13,14,15). The van der Waals surface area contributed by atoms with Crippen molar-refractivity contribution in [3.8, 4) is 11.5 Å². The zero-order valence-corrected chi connectivity index (χ0v) is 10.6. The van der Waals surface area contributed by atoms with Crippen molar-refractivity contribution in [3.63, 3.8) is 0 Å². The molecule has 96 valence electrons. The molecule has 0 unspecified atom stereocenters. The molecular weight excluding hydrogens is 234 g/mol. The van der Waals surface area contributed by atoms with Gasteiger partial charge in [-0.1, -0.05) is 5.16 Å². The van der Waals surface area contributed by atoms with Crippen LogP contribution >= 0.6 is 0 Å². The molecule has 0 spiro atoms. The molecule has 0 amide bonds. The van der Waals surface area contributed by atoms with Crippen molar-refractivity contribution in [2.75, 3.05) is 19.5 Å². The fraction of sp³-hybridized carbons (Fsp3) is 0.333. The zero-order chi connectivity index (χ0) is 13.0. The van der Waals surface area contributed by atoms with Gasteiger partial charge in [0.2, 0.25) is 0 Å². The summed E-state index contributed by atoms with van der Waals surface area (Å²) < 4.78 is 15.4. The SMILES string of the molecule is COc1ccc(CNc2nc(C)no2)c(OC)c1. The first-order valence-corrected chi connectivity index (χ1v) is 5.48. The molecule has 0 fully saturated rings. The van der Waals surface area contributed by atoms with Gasteiger partial charge in [0.15, 0.2) is 5.82 Å². The Hall–Kier alpha value is -2.24. The van der Waals surface area contributed by atoms with E-state index in [2.05, 4.69) is 15.5 Å². The Morgan fingerprint density at radius 2 is 2.11 bits per heavy atom. The highest BCUT2D eigenvalue weighted by atomic mass is 16.5. The van der Waals surface area contributed by atoms with E-state index in [4.69, 9.17) is 14.0 Å². The molecular formula is C12H15N3O3. The van der Waals surface area contributed by atoms with E-state index in [-0.39, 0.29) is 0 Å². The lowest BCUT2D eigenvalue weighted by Crippen LogP contribution is -2.02. The van der Waals surface area contributed by atoms with Crippen LogP contribution in [0.4, 0.5) is 6.01 Å². The Labute approximate surface area is 105 Å². The summed E-state index contributed by atoms with van der Waals surface area (Å²) in [5.74, 6) is 2.10. The van der Waals surface area contributed by atoms with Crippen molar-refractivity contribution in [1.82, 2.24) is 10.1 Å². The minimum Gasteiger partial charge on any atom is -0.497 e. The topological polar surface area (TPSA) is 69.4 Å². The molecule has 1 N–H and O–H groups in total. The van der Waals surface area contributed by atoms with Crippen LogP contribution < -0.4 is 14.8 Å². The summed E-state index contributed by atoms with van der Waals surface area (Å²) >= 11 is 0. The summed E-state index contributed by atoms with van der Waals surface area (Å²) in [4.78, 5) is 4.06. The van der Waals surface area contributed by atoms with E-state index in [1.165, 1.54) is 0 Å². The number of nitrogens with one attached hydrogen (secondary N) is 1. The quantitative estimate of drug-likeness (QED) is 0.874. The fourth-order valence-electron chi connectivity index (χ4n) is 1.54. The number of aryl methyl sites for hydroxylation is 1. The highest BCUT2D eigenvalue weighted by molar-refractivity contribution is 5.42. The largest absolute Gasteiger partial charge is 0.497 e. The Bertz CT molecular complexity index is 525. The average molecular weight is 249 g/mol. The summed E-state index contributed by atoms with van der Waals surface area (Å²) in [7, 11) is 3.24. The molecule has 0 aliphatic carbocycles. The molecule has 1 aromatic carbocycles. The molecule has 0 radical (unpaired) electrons. The summed E-state index contributed by atoms with van der Waals surface area (Å²) in [6.07, 6.45) is 0. The summed E-state index contributed by atoms with van der Waals surface area (Å²) in [5, 5.41) is 6.73. The van der Waals surface area contributed by atoms with Gasteiger partial charge >= 0.3 is 6.01 Å². The number of nitrogens with zero attached hydrogens (tertiary/aromatic N) is 2. The first-order valence-electron chi connectivity index (χ1n) is 5.48. The first-order chi connectivity index (χ1) is 8.72. The van der Waals surface area contributed by atoms with Crippen molar-refractivity contribution < 1.29 is 14.0 Å². The molecule has 0 aliphatic rings. The van der Waals surface area contributed by atoms with E-state index in [9.17, 15) is 0 Å². The number of hydrogen-bond donors (Lipinski definition) is 1. The van der Waals surface area contributed by atoms with Crippen molar-refractivity contribution in [1.29, 1.82) is 0 Å². The number of methoxy groups -OCH3 is 2. The Balaban J connectivity index is 2.08. The predicted octanol–water partition coefficient (Wildman–Crippen LogP) is 2.01. The monoisotopic (exact) mass is 249 g/mol. The number of ether oxygens (including phenoxy) is 2. The second-order valence-corrected chi connectivity index (χ2v) is 3.68. The highest BCUT2D eigenvalue weighted by Gasteiger charge is 2.07. The van der Waals surface area contributed by atoms with Crippen LogP contribution in [0.5, 0.6) is 11.5 Å². The normalized spacial score (nSPS) is 10.2. The smallest absolute Gasteiger partial charge is 0.321 e. The lowest BCUT2D eigenvalue weighted by molar-refractivity contribution is 0.391. The Morgan fingerprint density at radius 1 is 1.28 bits per heavy atom. The third-order valence-corrected chi connectivity index (χ3v) is 2.45. The van der Waals surface area contributed by atoms with Crippen LogP contribution in [-0.2, 0) is 6.54 Å². The number of aromatic nitrogens is 2. The molecule has 18 heavy (non-hydrogen) atoms. The van der Waals surface area contributed by atoms with Crippen LogP contribution in [-0.4, -0.2) is 24.4 Å². The summed E-state index contributed by atoms with van der Waals surface area (Å²) in [6.45, 7) is 2.30. The van der Waals surface area contributed by atoms with Gasteiger partial charge in [0, 0.05) is 18.2 Å². The van der Waals surface area contributed by atoms with Gasteiger partial charge in [-0.05, 0) is 19.1 Å². The molecule has 0 bridgehead atoms. The van der Waals surface area contributed by atoms with Crippen LogP contribution in [0.3, 0.4) is 0 Å². The maximum Gasteiger partial charge on any atom is 0.321 e. The van der Waals surface area contributed by atoms with Gasteiger partial charge in [0.25, 0.3) is 0 Å². The minimum atomic E-state index is 0.394. The van der Waals surface area contributed by atoms with Gasteiger partial charge in [-0.2, -0.15) is 4.98 Å². The molecule has 0 atom stereocenters. The van der Waals surface area contributed by atoms with Gasteiger partial charge < -0.3 is 19.3 Å². The van der Waals surface area contributed by atoms with Gasteiger partial charge in [0.1, 0.15) is 11.5 Å². The van der Waals surface area contributed by atoms with Crippen LogP contribution in [0.1, 0.15) is 11.4 Å². The second-order valence-electron chi connectivity index (χ2n) is 3.68. The molecule has 0 saturated heterocycles. The van der Waals surface area contributed by atoms with E-state index in [1.54, 1.807) is 21.1 Å². The van der Waals surface area contributed by atoms with Crippen LogP contribution in [0.25, 0.3) is 0 Å².